The summed E-state index contributed by atoms with van der Waals surface area (Å²) in [7, 11) is 3.54. The molecule has 3 aromatic carbocycles. The molecule has 0 saturated carbocycles. The van der Waals surface area contributed by atoms with Gasteiger partial charge in [-0.05, 0) is 108 Å². The lowest BCUT2D eigenvalue weighted by molar-refractivity contribution is 0.229. The molecule has 0 N–H and O–H groups in total. The first-order chi connectivity index (χ1) is 13.1. The topological polar surface area (TPSA) is 21.7 Å². The Hall–Kier alpha value is -2.26. The first-order valence-corrected chi connectivity index (χ1v) is 9.95. The Kier molecular flexibility index (Phi) is 3.83. The summed E-state index contributed by atoms with van der Waals surface area (Å²) in [4.78, 5) is 2.67. The maximum Gasteiger partial charge on any atom is 0.122 e. The highest BCUT2D eigenvalue weighted by atomic mass is 16.5. The molecule has 0 amide bonds. The Labute approximate surface area is 160 Å². The van der Waals surface area contributed by atoms with Crippen molar-refractivity contribution >= 4 is 21.5 Å². The molecule has 0 bridgehead atoms. The highest BCUT2D eigenvalue weighted by Gasteiger charge is 2.32. The summed E-state index contributed by atoms with van der Waals surface area (Å²) in [5, 5.41) is 5.41. The van der Waals surface area contributed by atoms with Crippen molar-refractivity contribution in [3.63, 3.8) is 0 Å². The van der Waals surface area contributed by atoms with E-state index in [-0.39, 0.29) is 0 Å². The van der Waals surface area contributed by atoms with Crippen LogP contribution in [0, 0.1) is 13.8 Å². The third kappa shape index (κ3) is 2.45. The molecule has 27 heavy (non-hydrogen) atoms. The van der Waals surface area contributed by atoms with Gasteiger partial charge < -0.3 is 9.47 Å². The molecule has 0 unspecified atom stereocenters. The van der Waals surface area contributed by atoms with Crippen molar-refractivity contribution in [3.8, 4) is 11.5 Å². The lowest BCUT2D eigenvalue weighted by Crippen LogP contribution is -2.35. The maximum atomic E-state index is 5.67. The molecule has 2 aliphatic rings. The lowest BCUT2D eigenvalue weighted by atomic mass is 9.84. The van der Waals surface area contributed by atoms with Gasteiger partial charge in [0.1, 0.15) is 11.5 Å². The van der Waals surface area contributed by atoms with Crippen molar-refractivity contribution < 1.29 is 9.47 Å². The van der Waals surface area contributed by atoms with Gasteiger partial charge in [-0.15, -0.1) is 0 Å². The van der Waals surface area contributed by atoms with E-state index in [1.807, 2.05) is 0 Å². The first-order valence-electron chi connectivity index (χ1n) is 9.95. The number of rotatable bonds is 2. The first kappa shape index (κ1) is 16.9. The number of aryl methyl sites for hydroxylation is 2. The second-order valence-corrected chi connectivity index (χ2v) is 8.16. The minimum atomic E-state index is 0.692. The highest BCUT2D eigenvalue weighted by Crippen LogP contribution is 2.43. The third-order valence-electron chi connectivity index (χ3n) is 6.67. The van der Waals surface area contributed by atoms with E-state index in [2.05, 4.69) is 43.0 Å². The Morgan fingerprint density at radius 2 is 1.41 bits per heavy atom. The van der Waals surface area contributed by atoms with Crippen molar-refractivity contribution in [2.24, 2.45) is 0 Å². The van der Waals surface area contributed by atoms with Crippen LogP contribution in [0.25, 0.3) is 21.5 Å². The van der Waals surface area contributed by atoms with E-state index >= 15 is 0 Å². The summed E-state index contributed by atoms with van der Waals surface area (Å²) in [5.41, 5.74) is 5.39. The number of hydrogen-bond donors (Lipinski definition) is 0. The zero-order chi connectivity index (χ0) is 18.7. The Balaban J connectivity index is 1.91. The zero-order valence-electron chi connectivity index (χ0n) is 16.7. The van der Waals surface area contributed by atoms with E-state index in [4.69, 9.17) is 9.47 Å². The van der Waals surface area contributed by atoms with Crippen LogP contribution in [0.5, 0.6) is 11.5 Å². The van der Waals surface area contributed by atoms with Crippen LogP contribution in [-0.2, 0) is 13.0 Å². The molecular weight excluding hydrogens is 334 g/mol. The molecule has 2 heterocycles. The van der Waals surface area contributed by atoms with Gasteiger partial charge in [-0.2, -0.15) is 0 Å². The van der Waals surface area contributed by atoms with E-state index in [0.717, 1.165) is 24.5 Å². The largest absolute Gasteiger partial charge is 0.496 e. The smallest absolute Gasteiger partial charge is 0.122 e. The van der Waals surface area contributed by atoms with Gasteiger partial charge in [-0.1, -0.05) is 0 Å². The maximum absolute atomic E-state index is 5.67. The molecule has 1 atom stereocenters. The molecule has 0 radical (unpaired) electrons. The normalized spacial score (nSPS) is 19.3. The Morgan fingerprint density at radius 1 is 0.815 bits per heavy atom. The van der Waals surface area contributed by atoms with Gasteiger partial charge in [-0.3, -0.25) is 4.90 Å². The fraction of sp³-hybridized carbons (Fsp3) is 0.417. The molecule has 3 heteroatoms. The molecule has 0 spiro atoms. The van der Waals surface area contributed by atoms with Crippen LogP contribution < -0.4 is 9.47 Å². The lowest BCUT2D eigenvalue weighted by Gasteiger charge is -2.33. The summed E-state index contributed by atoms with van der Waals surface area (Å²) in [6.07, 6.45) is 3.78. The third-order valence-corrected chi connectivity index (χ3v) is 6.67. The number of benzene rings is 3. The second kappa shape index (κ2) is 6.13. The highest BCUT2D eigenvalue weighted by molar-refractivity contribution is 6.12. The number of ether oxygens (including phenoxy) is 2. The van der Waals surface area contributed by atoms with Crippen molar-refractivity contribution in [2.45, 2.75) is 45.7 Å². The van der Waals surface area contributed by atoms with Gasteiger partial charge >= 0.3 is 0 Å². The molecule has 3 aromatic rings. The number of nitrogens with zero attached hydrogens (tertiary/aromatic N) is 1. The monoisotopic (exact) mass is 361 g/mol. The van der Waals surface area contributed by atoms with Crippen LogP contribution >= 0.6 is 0 Å². The van der Waals surface area contributed by atoms with E-state index < -0.39 is 0 Å². The molecular formula is C24H27NO2. The average molecular weight is 361 g/mol. The van der Waals surface area contributed by atoms with Gasteiger partial charge in [0, 0.05) is 12.6 Å². The van der Waals surface area contributed by atoms with Crippen molar-refractivity contribution in [3.05, 3.63) is 46.5 Å². The van der Waals surface area contributed by atoms with Gasteiger partial charge in [0.2, 0.25) is 0 Å². The Bertz CT molecular complexity index is 985. The molecule has 0 aliphatic carbocycles. The standard InChI is InChI=1S/C24H27NO2/c1-14-8-17-18-9-15(2)24(27-4)12-21(18)22-13-25-7-5-6-16(25)10-19(22)20(17)11-23(14)26-3/h8-9,11-12,16H,5-7,10,13H2,1-4H3/t16-/m1/s1. The van der Waals surface area contributed by atoms with Gasteiger partial charge in [0.15, 0.2) is 0 Å². The number of methoxy groups -OCH3 is 2. The van der Waals surface area contributed by atoms with Crippen molar-refractivity contribution in [1.82, 2.24) is 4.90 Å². The average Bonchev–Trinajstić information content (AvgIpc) is 3.13. The van der Waals surface area contributed by atoms with Gasteiger partial charge in [0.25, 0.3) is 0 Å². The van der Waals surface area contributed by atoms with Crippen LogP contribution in [0.4, 0.5) is 0 Å². The van der Waals surface area contributed by atoms with Gasteiger partial charge in [-0.25, -0.2) is 0 Å². The van der Waals surface area contributed by atoms with Crippen LogP contribution in [0.3, 0.4) is 0 Å². The summed E-state index contributed by atoms with van der Waals surface area (Å²) in [6.45, 7) is 6.55. The van der Waals surface area contributed by atoms with Crippen molar-refractivity contribution in [2.75, 3.05) is 20.8 Å². The number of fused-ring (bicyclic) bond motifs is 7. The summed E-state index contributed by atoms with van der Waals surface area (Å²) in [6, 6.07) is 9.84. The number of hydrogen-bond acceptors (Lipinski definition) is 3. The van der Waals surface area contributed by atoms with Crippen LogP contribution in [-0.4, -0.2) is 31.7 Å². The quantitative estimate of drug-likeness (QED) is 0.589. The molecule has 3 nitrogen and oxygen atoms in total. The summed E-state index contributed by atoms with van der Waals surface area (Å²) in [5.74, 6) is 1.97. The minimum absolute atomic E-state index is 0.692. The van der Waals surface area contributed by atoms with Gasteiger partial charge in [0.05, 0.1) is 14.2 Å². The fourth-order valence-electron chi connectivity index (χ4n) is 5.27. The van der Waals surface area contributed by atoms with Crippen LogP contribution in [0.1, 0.15) is 35.1 Å². The second-order valence-electron chi connectivity index (χ2n) is 8.16. The van der Waals surface area contributed by atoms with E-state index in [9.17, 15) is 0 Å². The predicted octanol–water partition coefficient (Wildman–Crippen LogP) is 5.15. The van der Waals surface area contributed by atoms with E-state index in [1.54, 1.807) is 14.2 Å². The fourth-order valence-corrected chi connectivity index (χ4v) is 5.27. The van der Waals surface area contributed by atoms with Crippen LogP contribution in [0.15, 0.2) is 24.3 Å². The Morgan fingerprint density at radius 3 is 2.00 bits per heavy atom. The van der Waals surface area contributed by atoms with E-state index in [1.165, 1.54) is 63.2 Å². The molecule has 1 saturated heterocycles. The summed E-state index contributed by atoms with van der Waals surface area (Å²) < 4.78 is 11.3. The SMILES string of the molecule is COc1cc2c3c(c4cc(OC)c(C)cc4c2cc1C)CN1CCC[C@@H]1C3. The molecule has 2 aliphatic heterocycles. The minimum Gasteiger partial charge on any atom is -0.496 e. The molecule has 140 valence electrons. The van der Waals surface area contributed by atoms with Crippen LogP contribution in [0.2, 0.25) is 0 Å². The molecule has 1 fully saturated rings. The summed E-state index contributed by atoms with van der Waals surface area (Å²) >= 11 is 0. The van der Waals surface area contributed by atoms with E-state index in [0.29, 0.717) is 6.04 Å². The molecule has 0 aromatic heterocycles. The van der Waals surface area contributed by atoms with Crippen molar-refractivity contribution in [1.29, 1.82) is 0 Å². The zero-order valence-corrected chi connectivity index (χ0v) is 16.7. The predicted molar refractivity (Wildman–Crippen MR) is 111 cm³/mol. The molecule has 5 rings (SSSR count).